The van der Waals surface area contributed by atoms with Crippen LogP contribution in [0.3, 0.4) is 0 Å². The predicted octanol–water partition coefficient (Wildman–Crippen LogP) is 1.84. The Morgan fingerprint density at radius 1 is 0.833 bits per heavy atom. The molecular formula is C15H22NOSn+. The Morgan fingerprint density at radius 2 is 1.33 bits per heavy atom. The van der Waals surface area contributed by atoms with Crippen molar-refractivity contribution in [1.82, 2.24) is 4.48 Å². The van der Waals surface area contributed by atoms with Gasteiger partial charge in [-0.3, -0.25) is 4.48 Å². The van der Waals surface area contributed by atoms with Crippen LogP contribution >= 0.6 is 0 Å². The molecule has 18 heavy (non-hydrogen) atoms. The summed E-state index contributed by atoms with van der Waals surface area (Å²) in [5.74, 6) is 0.912. The maximum atomic E-state index is 5.80. The SMILES string of the molecule is C[N+](C)(COc1ccccc1)c1ccccc1.[SnH4]. The summed E-state index contributed by atoms with van der Waals surface area (Å²) in [6.45, 7) is 0.619. The topological polar surface area (TPSA) is 9.23 Å². The van der Waals surface area contributed by atoms with E-state index in [0.29, 0.717) is 11.2 Å². The van der Waals surface area contributed by atoms with Crippen LogP contribution in [0.1, 0.15) is 0 Å². The molecule has 0 radical (unpaired) electrons. The normalized spacial score (nSPS) is 10.6. The molecule has 3 heteroatoms. The first-order valence-corrected chi connectivity index (χ1v) is 5.75. The number of hydrogen-bond acceptors (Lipinski definition) is 1. The molecule has 0 bridgehead atoms. The summed E-state index contributed by atoms with van der Waals surface area (Å²) in [6, 6.07) is 20.3. The van der Waals surface area contributed by atoms with Crippen molar-refractivity contribution in [2.45, 2.75) is 0 Å². The van der Waals surface area contributed by atoms with Crippen molar-refractivity contribution < 1.29 is 4.74 Å². The van der Waals surface area contributed by atoms with Crippen LogP contribution < -0.4 is 9.22 Å². The molecule has 96 valence electrons. The van der Waals surface area contributed by atoms with Gasteiger partial charge in [0.05, 0.1) is 14.1 Å². The number of benzene rings is 2. The van der Waals surface area contributed by atoms with E-state index >= 15 is 0 Å². The van der Waals surface area contributed by atoms with Crippen LogP contribution in [0.15, 0.2) is 60.7 Å². The standard InChI is InChI=1S/C15H18NO.Sn.4H/c1-16(2,14-9-5-3-6-10-14)13-17-15-11-7-4-8-12-15;;;;;/h3-12H,13H2,1-2H3;;;;;/q+1;;;;;. The molecule has 0 amide bonds. The van der Waals surface area contributed by atoms with Gasteiger partial charge in [-0.25, -0.2) is 0 Å². The molecule has 0 unspecified atom stereocenters. The molecule has 0 aliphatic carbocycles. The van der Waals surface area contributed by atoms with Gasteiger partial charge in [0.25, 0.3) is 0 Å². The Balaban J connectivity index is 0.00000162. The molecule has 2 aromatic rings. The minimum absolute atomic E-state index is 0. The van der Waals surface area contributed by atoms with E-state index in [9.17, 15) is 0 Å². The first-order chi connectivity index (χ1) is 8.18. The fourth-order valence-corrected chi connectivity index (χ4v) is 1.66. The van der Waals surface area contributed by atoms with Gasteiger partial charge in [-0.1, -0.05) is 36.4 Å². The quantitative estimate of drug-likeness (QED) is 0.464. The van der Waals surface area contributed by atoms with Crippen LogP contribution in [-0.4, -0.2) is 44.7 Å². The Bertz CT molecular complexity index is 456. The van der Waals surface area contributed by atoms with E-state index < -0.39 is 0 Å². The van der Waals surface area contributed by atoms with Crippen molar-refractivity contribution in [3.63, 3.8) is 0 Å². The number of rotatable bonds is 4. The Labute approximate surface area is 126 Å². The molecule has 0 heterocycles. The summed E-state index contributed by atoms with van der Waals surface area (Å²) in [4.78, 5) is 0. The molecule has 0 spiro atoms. The zero-order valence-electron chi connectivity index (χ0n) is 10.3. The van der Waals surface area contributed by atoms with E-state index in [2.05, 4.69) is 38.4 Å². The van der Waals surface area contributed by atoms with E-state index in [-0.39, 0.29) is 23.9 Å². The molecule has 2 aromatic carbocycles. The molecule has 0 aliphatic heterocycles. The molecule has 0 aliphatic rings. The van der Waals surface area contributed by atoms with Crippen molar-refractivity contribution in [2.24, 2.45) is 0 Å². The molecule has 0 N–H and O–H groups in total. The van der Waals surface area contributed by atoms with Crippen molar-refractivity contribution in [3.8, 4) is 5.75 Å². The summed E-state index contributed by atoms with van der Waals surface area (Å²) in [5, 5.41) is 0. The zero-order valence-corrected chi connectivity index (χ0v) is 10.3. The van der Waals surface area contributed by atoms with Crippen molar-refractivity contribution >= 4 is 29.6 Å². The van der Waals surface area contributed by atoms with Gasteiger partial charge in [-0.15, -0.1) is 0 Å². The third kappa shape index (κ3) is 4.03. The monoisotopic (exact) mass is 352 g/mol. The van der Waals surface area contributed by atoms with Crippen molar-refractivity contribution in [3.05, 3.63) is 60.7 Å². The van der Waals surface area contributed by atoms with Crippen molar-refractivity contribution in [2.75, 3.05) is 20.8 Å². The van der Waals surface area contributed by atoms with E-state index in [1.165, 1.54) is 5.69 Å². The average molecular weight is 351 g/mol. The Morgan fingerprint density at radius 3 is 1.89 bits per heavy atom. The molecule has 0 atom stereocenters. The fourth-order valence-electron chi connectivity index (χ4n) is 1.66. The van der Waals surface area contributed by atoms with Crippen LogP contribution in [0.2, 0.25) is 0 Å². The molecule has 0 aromatic heterocycles. The van der Waals surface area contributed by atoms with Crippen LogP contribution in [-0.2, 0) is 0 Å². The van der Waals surface area contributed by atoms with E-state index in [0.717, 1.165) is 5.75 Å². The van der Waals surface area contributed by atoms with Crippen LogP contribution in [0, 0.1) is 0 Å². The van der Waals surface area contributed by atoms with Gasteiger partial charge in [0, 0.05) is 0 Å². The zero-order chi connectivity index (χ0) is 12.1. The van der Waals surface area contributed by atoms with Gasteiger partial charge in [0.15, 0.2) is 0 Å². The van der Waals surface area contributed by atoms with Gasteiger partial charge in [0.2, 0.25) is 6.73 Å². The van der Waals surface area contributed by atoms with Crippen LogP contribution in [0.5, 0.6) is 5.75 Å². The molecule has 2 rings (SSSR count). The number of para-hydroxylation sites is 2. The molecule has 0 saturated carbocycles. The van der Waals surface area contributed by atoms with E-state index in [1.807, 2.05) is 36.4 Å². The van der Waals surface area contributed by atoms with Crippen molar-refractivity contribution in [1.29, 1.82) is 0 Å². The summed E-state index contributed by atoms with van der Waals surface area (Å²) >= 11 is 0. The molecule has 2 nitrogen and oxygen atoms in total. The first-order valence-electron chi connectivity index (χ1n) is 5.75. The Hall–Kier alpha value is -1.00. The minimum atomic E-state index is 0. The second-order valence-electron chi connectivity index (χ2n) is 4.61. The van der Waals surface area contributed by atoms with Crippen LogP contribution in [0.4, 0.5) is 5.69 Å². The number of hydrogen-bond donors (Lipinski definition) is 0. The number of ether oxygens (including phenoxy) is 1. The van der Waals surface area contributed by atoms with Gasteiger partial charge in [0.1, 0.15) is 11.4 Å². The molecule has 0 fully saturated rings. The third-order valence-electron chi connectivity index (χ3n) is 2.75. The predicted molar refractivity (Wildman–Crippen MR) is 83.4 cm³/mol. The maximum absolute atomic E-state index is 5.80. The van der Waals surface area contributed by atoms with E-state index in [4.69, 9.17) is 4.74 Å². The first kappa shape index (κ1) is 15.1. The summed E-state index contributed by atoms with van der Waals surface area (Å²) in [5.41, 5.74) is 1.24. The fraction of sp³-hybridized carbons (Fsp3) is 0.200. The number of quaternary nitrogens is 1. The van der Waals surface area contributed by atoms with Crippen LogP contribution in [0.25, 0.3) is 0 Å². The van der Waals surface area contributed by atoms with Gasteiger partial charge >= 0.3 is 23.9 Å². The molecule has 0 saturated heterocycles. The second-order valence-corrected chi connectivity index (χ2v) is 4.61. The molecular weight excluding hydrogens is 329 g/mol. The summed E-state index contributed by atoms with van der Waals surface area (Å²) < 4.78 is 6.50. The summed E-state index contributed by atoms with van der Waals surface area (Å²) in [6.07, 6.45) is 0. The van der Waals surface area contributed by atoms with Gasteiger partial charge in [-0.05, 0) is 24.3 Å². The number of nitrogens with zero attached hydrogens (tertiary/aromatic N) is 1. The van der Waals surface area contributed by atoms with Gasteiger partial charge in [-0.2, -0.15) is 0 Å². The third-order valence-corrected chi connectivity index (χ3v) is 2.75. The van der Waals surface area contributed by atoms with E-state index in [1.54, 1.807) is 0 Å². The Kier molecular flexibility index (Phi) is 5.69. The van der Waals surface area contributed by atoms with Gasteiger partial charge < -0.3 is 4.74 Å². The average Bonchev–Trinajstić information content (AvgIpc) is 2.39. The second kappa shape index (κ2) is 6.80. The summed E-state index contributed by atoms with van der Waals surface area (Å²) in [7, 11) is 4.27.